The molecule has 1 atom stereocenters. The first-order valence-electron chi connectivity index (χ1n) is 10.1. The number of amides is 1. The minimum Gasteiger partial charge on any atom is -0.477 e. The zero-order chi connectivity index (χ0) is 23.3. The Labute approximate surface area is 187 Å². The molecule has 0 aliphatic carbocycles. The van der Waals surface area contributed by atoms with E-state index < -0.39 is 23.5 Å². The quantitative estimate of drug-likeness (QED) is 0.542. The van der Waals surface area contributed by atoms with E-state index in [1.807, 2.05) is 0 Å². The third-order valence-corrected chi connectivity index (χ3v) is 6.39. The number of nitrogens with zero attached hydrogens (tertiary/aromatic N) is 1. The fraction of sp³-hybridized carbons (Fsp3) is 0.348. The number of carbonyl (C=O) groups excluding carboxylic acids is 2. The highest BCUT2D eigenvalue weighted by Gasteiger charge is 2.33. The molecule has 0 radical (unpaired) electrons. The summed E-state index contributed by atoms with van der Waals surface area (Å²) in [5, 5.41) is 8.98. The first-order valence-corrected chi connectivity index (χ1v) is 10.9. The van der Waals surface area contributed by atoms with Crippen LogP contribution in [0.5, 0.6) is 0 Å². The monoisotopic (exact) mass is 465 g/mol. The molecule has 170 valence electrons. The van der Waals surface area contributed by atoms with Gasteiger partial charge in [-0.2, -0.15) is 13.2 Å². The first kappa shape index (κ1) is 23.7. The lowest BCUT2D eigenvalue weighted by atomic mass is 10.0. The number of rotatable bonds is 9. The van der Waals surface area contributed by atoms with Crippen LogP contribution in [-0.2, 0) is 28.6 Å². The normalized spacial score (nSPS) is 16.8. The molecule has 1 saturated heterocycles. The van der Waals surface area contributed by atoms with Gasteiger partial charge in [-0.1, -0.05) is 24.3 Å². The van der Waals surface area contributed by atoms with Gasteiger partial charge < -0.3 is 10.0 Å². The van der Waals surface area contributed by atoms with E-state index in [1.165, 1.54) is 35.6 Å². The molecule has 2 aromatic rings. The van der Waals surface area contributed by atoms with Crippen LogP contribution < -0.4 is 0 Å². The van der Waals surface area contributed by atoms with Crippen LogP contribution in [0.4, 0.5) is 13.2 Å². The van der Waals surface area contributed by atoms with Crippen molar-refractivity contribution in [2.24, 2.45) is 0 Å². The Morgan fingerprint density at radius 1 is 1.19 bits per heavy atom. The molecular weight excluding hydrogens is 443 g/mol. The van der Waals surface area contributed by atoms with Crippen LogP contribution in [0.15, 0.2) is 48.6 Å². The number of thiophene rings is 1. The molecule has 1 aliphatic heterocycles. The summed E-state index contributed by atoms with van der Waals surface area (Å²) in [4.78, 5) is 38.3. The maximum absolute atomic E-state index is 13.1. The predicted octanol–water partition coefficient (Wildman–Crippen LogP) is 4.76. The van der Waals surface area contributed by atoms with Gasteiger partial charge in [-0.05, 0) is 49.1 Å². The molecule has 3 rings (SSSR count). The van der Waals surface area contributed by atoms with Crippen molar-refractivity contribution in [2.75, 3.05) is 6.54 Å². The molecule has 1 amide bonds. The van der Waals surface area contributed by atoms with Gasteiger partial charge in [0.25, 0.3) is 0 Å². The lowest BCUT2D eigenvalue weighted by Gasteiger charge is -2.22. The summed E-state index contributed by atoms with van der Waals surface area (Å²) in [6, 6.07) is 8.03. The number of hydrogen-bond donors (Lipinski definition) is 1. The van der Waals surface area contributed by atoms with Gasteiger partial charge in [0.15, 0.2) is 5.78 Å². The lowest BCUT2D eigenvalue weighted by Crippen LogP contribution is -2.33. The number of allylic oxidation sites excluding steroid dienone is 1. The zero-order valence-electron chi connectivity index (χ0n) is 17.1. The van der Waals surface area contributed by atoms with Gasteiger partial charge >= 0.3 is 12.1 Å². The third-order valence-electron chi connectivity index (χ3n) is 5.26. The molecule has 1 aromatic carbocycles. The average Bonchev–Trinajstić information content (AvgIpc) is 3.34. The van der Waals surface area contributed by atoms with Crippen LogP contribution in [-0.4, -0.2) is 40.3 Å². The Morgan fingerprint density at radius 3 is 2.62 bits per heavy atom. The molecule has 9 heteroatoms. The number of aryl methyl sites for hydroxylation is 1. The van der Waals surface area contributed by atoms with E-state index in [-0.39, 0.29) is 28.8 Å². The second kappa shape index (κ2) is 10.1. The van der Waals surface area contributed by atoms with E-state index in [9.17, 15) is 27.6 Å². The molecule has 5 nitrogen and oxygen atoms in total. The highest BCUT2D eigenvalue weighted by Crippen LogP contribution is 2.32. The summed E-state index contributed by atoms with van der Waals surface area (Å²) < 4.78 is 39.3. The van der Waals surface area contributed by atoms with Gasteiger partial charge in [0.05, 0.1) is 11.6 Å². The molecule has 0 spiro atoms. The maximum Gasteiger partial charge on any atom is 0.416 e. The molecule has 1 fully saturated rings. The number of ketones is 1. The average molecular weight is 465 g/mol. The Bertz CT molecular complexity index is 1030. The van der Waals surface area contributed by atoms with Crippen LogP contribution in [0, 0.1) is 0 Å². The van der Waals surface area contributed by atoms with Crippen LogP contribution in [0.3, 0.4) is 0 Å². The van der Waals surface area contributed by atoms with Crippen molar-refractivity contribution in [2.45, 2.75) is 44.3 Å². The predicted molar refractivity (Wildman–Crippen MR) is 114 cm³/mol. The van der Waals surface area contributed by atoms with Crippen molar-refractivity contribution in [1.29, 1.82) is 0 Å². The van der Waals surface area contributed by atoms with E-state index >= 15 is 0 Å². The number of benzene rings is 1. The number of alkyl halides is 3. The SMILES string of the molecule is O=C(C=C[C@H]1CCC(=O)N1CCCc1ccc(C(=O)O)s1)Cc1ccccc1C(F)(F)F. The Hall–Kier alpha value is -2.94. The number of carboxylic acids is 1. The van der Waals surface area contributed by atoms with Crippen molar-refractivity contribution < 1.29 is 32.7 Å². The van der Waals surface area contributed by atoms with Crippen molar-refractivity contribution in [3.8, 4) is 0 Å². The van der Waals surface area contributed by atoms with Crippen molar-refractivity contribution >= 4 is 29.0 Å². The van der Waals surface area contributed by atoms with Gasteiger partial charge in [0.1, 0.15) is 4.88 Å². The third kappa shape index (κ3) is 6.06. The Balaban J connectivity index is 1.56. The van der Waals surface area contributed by atoms with Gasteiger partial charge in [-0.25, -0.2) is 4.79 Å². The molecule has 1 aliphatic rings. The zero-order valence-corrected chi connectivity index (χ0v) is 17.9. The highest BCUT2D eigenvalue weighted by atomic mass is 32.1. The number of aromatic carboxylic acids is 1. The van der Waals surface area contributed by atoms with E-state index in [0.29, 0.717) is 32.2 Å². The number of likely N-dealkylation sites (tertiary alicyclic amines) is 1. The maximum atomic E-state index is 13.1. The fourth-order valence-corrected chi connectivity index (χ4v) is 4.60. The topological polar surface area (TPSA) is 74.7 Å². The summed E-state index contributed by atoms with van der Waals surface area (Å²) in [7, 11) is 0. The van der Waals surface area contributed by atoms with Crippen molar-refractivity contribution in [3.05, 3.63) is 69.4 Å². The fourth-order valence-electron chi connectivity index (χ4n) is 3.71. The molecular formula is C23H22F3NO4S. The van der Waals surface area contributed by atoms with Crippen molar-refractivity contribution in [1.82, 2.24) is 4.90 Å². The van der Waals surface area contributed by atoms with E-state index in [1.54, 1.807) is 23.1 Å². The van der Waals surface area contributed by atoms with E-state index in [0.717, 1.165) is 10.9 Å². The van der Waals surface area contributed by atoms with Crippen LogP contribution in [0.2, 0.25) is 0 Å². The second-order valence-electron chi connectivity index (χ2n) is 7.52. The van der Waals surface area contributed by atoms with E-state index in [2.05, 4.69) is 0 Å². The Morgan fingerprint density at radius 2 is 1.94 bits per heavy atom. The molecule has 0 bridgehead atoms. The molecule has 0 unspecified atom stereocenters. The molecule has 1 N–H and O–H groups in total. The smallest absolute Gasteiger partial charge is 0.416 e. The summed E-state index contributed by atoms with van der Waals surface area (Å²) in [6.45, 7) is 0.458. The molecule has 32 heavy (non-hydrogen) atoms. The lowest BCUT2D eigenvalue weighted by molar-refractivity contribution is -0.138. The van der Waals surface area contributed by atoms with Crippen LogP contribution >= 0.6 is 11.3 Å². The number of carboxylic acid groups (broad SMARTS) is 1. The van der Waals surface area contributed by atoms with Crippen LogP contribution in [0.25, 0.3) is 0 Å². The van der Waals surface area contributed by atoms with Gasteiger partial charge in [-0.3, -0.25) is 9.59 Å². The van der Waals surface area contributed by atoms with Crippen LogP contribution in [0.1, 0.15) is 44.9 Å². The molecule has 2 heterocycles. The van der Waals surface area contributed by atoms with Gasteiger partial charge in [-0.15, -0.1) is 11.3 Å². The molecule has 0 saturated carbocycles. The second-order valence-corrected chi connectivity index (χ2v) is 8.69. The summed E-state index contributed by atoms with van der Waals surface area (Å²) in [5.41, 5.74) is -0.898. The summed E-state index contributed by atoms with van der Waals surface area (Å²) in [6.07, 6.45) is 0.138. The minimum absolute atomic E-state index is 0.0353. The largest absolute Gasteiger partial charge is 0.477 e. The highest BCUT2D eigenvalue weighted by molar-refractivity contribution is 7.13. The molecule has 1 aromatic heterocycles. The number of halogens is 3. The minimum atomic E-state index is -4.52. The Kier molecular flexibility index (Phi) is 7.50. The standard InChI is InChI=1S/C23H22F3NO4S/c24-23(25,26)19-6-2-1-4-15(19)14-17(28)9-7-16-8-12-21(29)27(16)13-3-5-18-10-11-20(32-18)22(30)31/h1-2,4,6-7,9-11,16H,3,5,8,12-14H2,(H,30,31)/t16-/m0/s1. The first-order chi connectivity index (χ1) is 15.1. The van der Waals surface area contributed by atoms with Gasteiger partial charge in [0, 0.05) is 24.3 Å². The number of carbonyl (C=O) groups is 3. The van der Waals surface area contributed by atoms with Crippen molar-refractivity contribution in [3.63, 3.8) is 0 Å². The van der Waals surface area contributed by atoms with E-state index in [4.69, 9.17) is 5.11 Å². The van der Waals surface area contributed by atoms with Gasteiger partial charge in [0.2, 0.25) is 5.91 Å². The summed E-state index contributed by atoms with van der Waals surface area (Å²) in [5.74, 6) is -1.46. The summed E-state index contributed by atoms with van der Waals surface area (Å²) >= 11 is 1.20. The number of hydrogen-bond acceptors (Lipinski definition) is 4.